The van der Waals surface area contributed by atoms with E-state index in [9.17, 15) is 9.59 Å². The third-order valence-electron chi connectivity index (χ3n) is 2.50. The van der Waals surface area contributed by atoms with Gasteiger partial charge in [0.2, 0.25) is 0 Å². The van der Waals surface area contributed by atoms with E-state index in [0.717, 1.165) is 10.5 Å². The summed E-state index contributed by atoms with van der Waals surface area (Å²) >= 11 is 1.45. The first-order valence-electron chi connectivity index (χ1n) is 5.35. The highest BCUT2D eigenvalue weighted by molar-refractivity contribution is 8.00. The Labute approximate surface area is 106 Å². The molecule has 0 amide bonds. The van der Waals surface area contributed by atoms with Crippen LogP contribution in [0.4, 0.5) is 0 Å². The SMILES string of the molecule is COC(=O)C(C)C(=O)CSc1ccccc1C. The maximum atomic E-state index is 11.7. The number of ether oxygens (including phenoxy) is 1. The van der Waals surface area contributed by atoms with Gasteiger partial charge in [0.25, 0.3) is 0 Å². The van der Waals surface area contributed by atoms with E-state index < -0.39 is 11.9 Å². The fraction of sp³-hybridized carbons (Fsp3) is 0.385. The molecule has 0 aliphatic rings. The maximum Gasteiger partial charge on any atom is 0.315 e. The van der Waals surface area contributed by atoms with E-state index in [1.165, 1.54) is 18.9 Å². The molecule has 1 rings (SSSR count). The average Bonchev–Trinajstić information content (AvgIpc) is 2.35. The summed E-state index contributed by atoms with van der Waals surface area (Å²) in [6, 6.07) is 7.86. The highest BCUT2D eigenvalue weighted by Gasteiger charge is 2.21. The van der Waals surface area contributed by atoms with E-state index >= 15 is 0 Å². The Morgan fingerprint density at radius 3 is 2.59 bits per heavy atom. The molecule has 1 aromatic carbocycles. The van der Waals surface area contributed by atoms with Crippen molar-refractivity contribution >= 4 is 23.5 Å². The molecule has 0 saturated carbocycles. The van der Waals surface area contributed by atoms with Gasteiger partial charge in [-0.25, -0.2) is 0 Å². The lowest BCUT2D eigenvalue weighted by Crippen LogP contribution is -2.23. The predicted molar refractivity (Wildman–Crippen MR) is 68.1 cm³/mol. The van der Waals surface area contributed by atoms with Gasteiger partial charge in [0.05, 0.1) is 12.9 Å². The molecule has 0 fully saturated rings. The van der Waals surface area contributed by atoms with Crippen molar-refractivity contribution in [2.75, 3.05) is 12.9 Å². The maximum absolute atomic E-state index is 11.7. The van der Waals surface area contributed by atoms with Gasteiger partial charge in [-0.2, -0.15) is 0 Å². The van der Waals surface area contributed by atoms with Crippen LogP contribution in [-0.2, 0) is 14.3 Å². The molecule has 0 heterocycles. The summed E-state index contributed by atoms with van der Waals surface area (Å²) in [4.78, 5) is 24.0. The number of aryl methyl sites for hydroxylation is 1. The number of thioether (sulfide) groups is 1. The summed E-state index contributed by atoms with van der Waals surface area (Å²) in [6.07, 6.45) is 0. The Hall–Kier alpha value is -1.29. The molecule has 0 bridgehead atoms. The molecule has 0 radical (unpaired) electrons. The minimum absolute atomic E-state index is 0.106. The number of esters is 1. The summed E-state index contributed by atoms with van der Waals surface area (Å²) in [5.74, 6) is -0.969. The van der Waals surface area contributed by atoms with Crippen molar-refractivity contribution < 1.29 is 14.3 Å². The van der Waals surface area contributed by atoms with Crippen LogP contribution in [0, 0.1) is 12.8 Å². The summed E-state index contributed by atoms with van der Waals surface area (Å²) in [6.45, 7) is 3.57. The van der Waals surface area contributed by atoms with Crippen molar-refractivity contribution in [2.45, 2.75) is 18.7 Å². The van der Waals surface area contributed by atoms with Gasteiger partial charge in [-0.15, -0.1) is 11.8 Å². The zero-order chi connectivity index (χ0) is 12.8. The van der Waals surface area contributed by atoms with Gasteiger partial charge in [0.1, 0.15) is 5.92 Å². The van der Waals surface area contributed by atoms with Crippen molar-refractivity contribution in [3.8, 4) is 0 Å². The van der Waals surface area contributed by atoms with Crippen molar-refractivity contribution in [3.05, 3.63) is 29.8 Å². The fourth-order valence-corrected chi connectivity index (χ4v) is 2.32. The number of benzene rings is 1. The molecule has 1 atom stereocenters. The Kier molecular flexibility index (Phi) is 5.22. The molecule has 0 aliphatic carbocycles. The van der Waals surface area contributed by atoms with Crippen LogP contribution >= 0.6 is 11.8 Å². The largest absolute Gasteiger partial charge is 0.468 e. The quantitative estimate of drug-likeness (QED) is 0.459. The summed E-state index contributed by atoms with van der Waals surface area (Å²) in [5, 5.41) is 0. The number of carbonyl (C=O) groups is 2. The first kappa shape index (κ1) is 13.8. The monoisotopic (exact) mass is 252 g/mol. The van der Waals surface area contributed by atoms with Gasteiger partial charge in [0.15, 0.2) is 5.78 Å². The molecule has 3 nitrogen and oxygen atoms in total. The number of methoxy groups -OCH3 is 1. The minimum Gasteiger partial charge on any atom is -0.468 e. The second-order valence-electron chi connectivity index (χ2n) is 3.77. The van der Waals surface area contributed by atoms with Crippen LogP contribution in [0.5, 0.6) is 0 Å². The smallest absolute Gasteiger partial charge is 0.315 e. The van der Waals surface area contributed by atoms with E-state index in [2.05, 4.69) is 4.74 Å². The molecule has 1 unspecified atom stereocenters. The summed E-state index contributed by atoms with van der Waals surface area (Å²) < 4.78 is 4.54. The molecule has 0 aliphatic heterocycles. The molecule has 17 heavy (non-hydrogen) atoms. The van der Waals surface area contributed by atoms with Crippen molar-refractivity contribution in [3.63, 3.8) is 0 Å². The predicted octanol–water partition coefficient (Wildman–Crippen LogP) is 2.47. The zero-order valence-electron chi connectivity index (χ0n) is 10.2. The van der Waals surface area contributed by atoms with Gasteiger partial charge in [-0.3, -0.25) is 9.59 Å². The van der Waals surface area contributed by atoms with Crippen LogP contribution in [0.25, 0.3) is 0 Å². The number of hydrogen-bond acceptors (Lipinski definition) is 4. The number of ketones is 1. The number of Topliss-reactive ketones (excluding diaryl/α,β-unsaturated/α-hetero) is 1. The lowest BCUT2D eigenvalue weighted by molar-refractivity contribution is -0.147. The van der Waals surface area contributed by atoms with Crippen LogP contribution in [0.2, 0.25) is 0 Å². The Morgan fingerprint density at radius 2 is 2.00 bits per heavy atom. The first-order valence-corrected chi connectivity index (χ1v) is 6.33. The van der Waals surface area contributed by atoms with E-state index in [4.69, 9.17) is 0 Å². The Balaban J connectivity index is 2.54. The molecular formula is C13H16O3S. The van der Waals surface area contributed by atoms with Crippen LogP contribution in [0.1, 0.15) is 12.5 Å². The normalized spacial score (nSPS) is 11.9. The summed E-state index contributed by atoms with van der Waals surface area (Å²) in [7, 11) is 1.29. The second kappa shape index (κ2) is 6.45. The topological polar surface area (TPSA) is 43.4 Å². The third kappa shape index (κ3) is 3.89. The second-order valence-corrected chi connectivity index (χ2v) is 4.78. The van der Waals surface area contributed by atoms with Crippen molar-refractivity contribution in [2.24, 2.45) is 5.92 Å². The highest BCUT2D eigenvalue weighted by atomic mass is 32.2. The van der Waals surface area contributed by atoms with E-state index in [0.29, 0.717) is 5.75 Å². The van der Waals surface area contributed by atoms with Gasteiger partial charge < -0.3 is 4.74 Å². The van der Waals surface area contributed by atoms with Crippen LogP contribution < -0.4 is 0 Å². The lowest BCUT2D eigenvalue weighted by Gasteiger charge is -2.08. The van der Waals surface area contributed by atoms with Gasteiger partial charge >= 0.3 is 5.97 Å². The van der Waals surface area contributed by atoms with Crippen LogP contribution in [-0.4, -0.2) is 24.6 Å². The molecular weight excluding hydrogens is 236 g/mol. The lowest BCUT2D eigenvalue weighted by atomic mass is 10.1. The Bertz CT molecular complexity index is 415. The van der Waals surface area contributed by atoms with Crippen molar-refractivity contribution in [1.29, 1.82) is 0 Å². The van der Waals surface area contributed by atoms with Crippen LogP contribution in [0.15, 0.2) is 29.2 Å². The molecule has 4 heteroatoms. The van der Waals surface area contributed by atoms with E-state index in [1.807, 2.05) is 31.2 Å². The van der Waals surface area contributed by atoms with Gasteiger partial charge in [-0.1, -0.05) is 18.2 Å². The van der Waals surface area contributed by atoms with E-state index in [-0.39, 0.29) is 5.78 Å². The minimum atomic E-state index is -0.684. The summed E-state index contributed by atoms with van der Waals surface area (Å²) in [5.41, 5.74) is 1.14. The first-order chi connectivity index (χ1) is 8.06. The van der Waals surface area contributed by atoms with Crippen LogP contribution in [0.3, 0.4) is 0 Å². The molecule has 0 aromatic heterocycles. The van der Waals surface area contributed by atoms with Gasteiger partial charge in [0, 0.05) is 4.90 Å². The van der Waals surface area contributed by atoms with Crippen molar-refractivity contribution in [1.82, 2.24) is 0 Å². The number of carbonyl (C=O) groups excluding carboxylic acids is 2. The molecule has 92 valence electrons. The molecule has 0 spiro atoms. The average molecular weight is 252 g/mol. The molecule has 1 aromatic rings. The molecule has 0 saturated heterocycles. The highest BCUT2D eigenvalue weighted by Crippen LogP contribution is 2.22. The fourth-order valence-electron chi connectivity index (χ4n) is 1.30. The zero-order valence-corrected chi connectivity index (χ0v) is 11.0. The number of rotatable bonds is 5. The third-order valence-corrected chi connectivity index (χ3v) is 3.70. The molecule has 0 N–H and O–H groups in total. The van der Waals surface area contributed by atoms with E-state index in [1.54, 1.807) is 6.92 Å². The standard InChI is InChI=1S/C13H16O3S/c1-9-6-4-5-7-12(9)17-8-11(14)10(2)13(15)16-3/h4-7,10H,8H2,1-3H3. The van der Waals surface area contributed by atoms with Gasteiger partial charge in [-0.05, 0) is 25.5 Å². The number of hydrogen-bond donors (Lipinski definition) is 0. The Morgan fingerprint density at radius 1 is 1.35 bits per heavy atom.